The third-order valence-electron chi connectivity index (χ3n) is 3.02. The zero-order valence-corrected chi connectivity index (χ0v) is 10.2. The van der Waals surface area contributed by atoms with Crippen LogP contribution in [0.3, 0.4) is 0 Å². The lowest BCUT2D eigenvalue weighted by Gasteiger charge is -2.12. The second kappa shape index (κ2) is 4.05. The highest BCUT2D eigenvalue weighted by molar-refractivity contribution is 5.96. The van der Waals surface area contributed by atoms with E-state index in [1.165, 1.54) is 0 Å². The lowest BCUT2D eigenvalue weighted by molar-refractivity contribution is 0.101. The topological polar surface area (TPSA) is 60.9 Å². The molecule has 0 aliphatic rings. The summed E-state index contributed by atoms with van der Waals surface area (Å²) in [5.41, 5.74) is 9.42. The van der Waals surface area contributed by atoms with Crippen molar-refractivity contribution >= 4 is 11.6 Å². The van der Waals surface area contributed by atoms with Crippen molar-refractivity contribution in [1.82, 2.24) is 9.55 Å². The molecule has 0 radical (unpaired) electrons. The largest absolute Gasteiger partial charge is 0.382 e. The number of benzene rings is 1. The van der Waals surface area contributed by atoms with E-state index >= 15 is 0 Å². The molecule has 1 heterocycles. The van der Waals surface area contributed by atoms with Crippen LogP contribution in [0.2, 0.25) is 0 Å². The molecule has 2 N–H and O–H groups in total. The molecule has 2 rings (SSSR count). The monoisotopic (exact) mass is 229 g/mol. The first-order chi connectivity index (χ1) is 8.00. The number of carbonyl (C=O) groups is 1. The first-order valence-corrected chi connectivity index (χ1v) is 5.41. The Hall–Kier alpha value is -2.10. The van der Waals surface area contributed by atoms with Crippen molar-refractivity contribution in [1.29, 1.82) is 0 Å². The number of nitrogens with zero attached hydrogens (tertiary/aromatic N) is 2. The molecule has 0 aliphatic carbocycles. The molecule has 88 valence electrons. The predicted octanol–water partition coefficient (Wildman–Crippen LogP) is 2.27. The quantitative estimate of drug-likeness (QED) is 0.803. The summed E-state index contributed by atoms with van der Waals surface area (Å²) in [4.78, 5) is 15.4. The van der Waals surface area contributed by atoms with Gasteiger partial charge in [-0.15, -0.1) is 0 Å². The van der Waals surface area contributed by atoms with Crippen LogP contribution in [-0.2, 0) is 0 Å². The Bertz CT molecular complexity index is 584. The molecule has 4 nitrogen and oxygen atoms in total. The van der Waals surface area contributed by atoms with Crippen LogP contribution in [0.25, 0.3) is 5.69 Å². The summed E-state index contributed by atoms with van der Waals surface area (Å²) in [7, 11) is 0. The molecule has 2 aromatic rings. The van der Waals surface area contributed by atoms with Crippen LogP contribution in [0, 0.1) is 13.8 Å². The van der Waals surface area contributed by atoms with Gasteiger partial charge in [0, 0.05) is 11.3 Å². The molecule has 0 saturated carbocycles. The molecule has 0 unspecified atom stereocenters. The van der Waals surface area contributed by atoms with E-state index in [4.69, 9.17) is 5.73 Å². The second-order valence-corrected chi connectivity index (χ2v) is 4.14. The first-order valence-electron chi connectivity index (χ1n) is 5.41. The van der Waals surface area contributed by atoms with Crippen molar-refractivity contribution in [2.75, 3.05) is 5.73 Å². The summed E-state index contributed by atoms with van der Waals surface area (Å²) < 4.78 is 1.86. The average Bonchev–Trinajstić information content (AvgIpc) is 2.68. The number of Topliss-reactive ketones (excluding diaryl/α,β-unsaturated/α-hetero) is 1. The predicted molar refractivity (Wildman–Crippen MR) is 67.5 cm³/mol. The van der Waals surface area contributed by atoms with Gasteiger partial charge in [0.15, 0.2) is 5.78 Å². The van der Waals surface area contributed by atoms with E-state index < -0.39 is 0 Å². The average molecular weight is 229 g/mol. The molecular weight excluding hydrogens is 214 g/mol. The fourth-order valence-electron chi connectivity index (χ4n) is 1.94. The van der Waals surface area contributed by atoms with Gasteiger partial charge in [0.05, 0.1) is 6.20 Å². The number of ketones is 1. The highest BCUT2D eigenvalue weighted by Crippen LogP contribution is 2.22. The zero-order chi connectivity index (χ0) is 12.6. The number of imidazole rings is 1. The molecule has 0 amide bonds. The van der Waals surface area contributed by atoms with E-state index in [-0.39, 0.29) is 5.78 Å². The number of hydrogen-bond acceptors (Lipinski definition) is 3. The van der Waals surface area contributed by atoms with Gasteiger partial charge in [-0.25, -0.2) is 4.98 Å². The minimum absolute atomic E-state index is 0.0855. The maximum Gasteiger partial charge on any atom is 0.160 e. The van der Waals surface area contributed by atoms with E-state index in [0.29, 0.717) is 5.82 Å². The smallest absolute Gasteiger partial charge is 0.160 e. The number of aromatic nitrogens is 2. The number of nitrogens with two attached hydrogens (primary N) is 1. The summed E-state index contributed by atoms with van der Waals surface area (Å²) in [6.07, 6.45) is 3.43. The van der Waals surface area contributed by atoms with E-state index in [0.717, 1.165) is 22.4 Å². The Kier molecular flexibility index (Phi) is 2.71. The number of rotatable bonds is 2. The number of nitrogen functional groups attached to an aromatic ring is 1. The van der Waals surface area contributed by atoms with Crippen LogP contribution in [-0.4, -0.2) is 15.3 Å². The molecule has 0 atom stereocenters. The van der Waals surface area contributed by atoms with Crippen LogP contribution < -0.4 is 5.73 Å². The maximum absolute atomic E-state index is 11.4. The number of anilines is 1. The van der Waals surface area contributed by atoms with Crippen molar-refractivity contribution in [2.45, 2.75) is 20.8 Å². The standard InChI is InChI=1S/C13H15N3O/c1-8-9(2)12(5-4-11(8)10(3)17)16-6-13(14)15-7-16/h4-7H,14H2,1-3H3. The molecular formula is C13H15N3O. The summed E-state index contributed by atoms with van der Waals surface area (Å²) in [5, 5.41) is 0. The van der Waals surface area contributed by atoms with Crippen LogP contribution in [0.1, 0.15) is 28.4 Å². The highest BCUT2D eigenvalue weighted by Gasteiger charge is 2.10. The normalized spacial score (nSPS) is 10.5. The third-order valence-corrected chi connectivity index (χ3v) is 3.02. The first kappa shape index (κ1) is 11.4. The van der Waals surface area contributed by atoms with Gasteiger partial charge < -0.3 is 10.3 Å². The van der Waals surface area contributed by atoms with E-state index in [2.05, 4.69) is 4.98 Å². The summed E-state index contributed by atoms with van der Waals surface area (Å²) in [6, 6.07) is 3.76. The van der Waals surface area contributed by atoms with Gasteiger partial charge in [0.25, 0.3) is 0 Å². The Morgan fingerprint density at radius 1 is 1.29 bits per heavy atom. The van der Waals surface area contributed by atoms with Crippen molar-refractivity contribution < 1.29 is 4.79 Å². The van der Waals surface area contributed by atoms with Crippen LogP contribution in [0.15, 0.2) is 24.7 Å². The molecule has 0 fully saturated rings. The van der Waals surface area contributed by atoms with E-state index in [1.54, 1.807) is 19.4 Å². The number of hydrogen-bond donors (Lipinski definition) is 1. The molecule has 1 aromatic heterocycles. The third kappa shape index (κ3) is 1.93. The van der Waals surface area contributed by atoms with Crippen LogP contribution in [0.4, 0.5) is 5.82 Å². The zero-order valence-electron chi connectivity index (χ0n) is 10.2. The Labute approximate surface area is 100 Å². The molecule has 1 aromatic carbocycles. The van der Waals surface area contributed by atoms with E-state index in [1.807, 2.05) is 30.5 Å². The molecule has 17 heavy (non-hydrogen) atoms. The molecule has 4 heteroatoms. The Morgan fingerprint density at radius 3 is 2.53 bits per heavy atom. The van der Waals surface area contributed by atoms with Crippen molar-refractivity contribution in [3.8, 4) is 5.69 Å². The molecule has 0 aliphatic heterocycles. The van der Waals surface area contributed by atoms with Crippen LogP contribution in [0.5, 0.6) is 0 Å². The van der Waals surface area contributed by atoms with Crippen molar-refractivity contribution in [2.24, 2.45) is 0 Å². The SMILES string of the molecule is CC(=O)c1ccc(-n2cnc(N)c2)c(C)c1C. The van der Waals surface area contributed by atoms with Crippen molar-refractivity contribution in [3.63, 3.8) is 0 Å². The molecule has 0 saturated heterocycles. The van der Waals surface area contributed by atoms with Gasteiger partial charge in [-0.1, -0.05) is 0 Å². The van der Waals surface area contributed by atoms with Gasteiger partial charge in [0.1, 0.15) is 12.1 Å². The lowest BCUT2D eigenvalue weighted by Crippen LogP contribution is -2.02. The number of carbonyl (C=O) groups excluding carboxylic acids is 1. The summed E-state index contributed by atoms with van der Waals surface area (Å²) >= 11 is 0. The van der Waals surface area contributed by atoms with Gasteiger partial charge in [-0.3, -0.25) is 4.79 Å². The Balaban J connectivity index is 2.58. The fourth-order valence-corrected chi connectivity index (χ4v) is 1.94. The minimum Gasteiger partial charge on any atom is -0.382 e. The van der Waals surface area contributed by atoms with Gasteiger partial charge in [-0.2, -0.15) is 0 Å². The Morgan fingerprint density at radius 2 is 2.00 bits per heavy atom. The lowest BCUT2D eigenvalue weighted by atomic mass is 9.99. The second-order valence-electron chi connectivity index (χ2n) is 4.14. The maximum atomic E-state index is 11.4. The van der Waals surface area contributed by atoms with Gasteiger partial charge >= 0.3 is 0 Å². The summed E-state index contributed by atoms with van der Waals surface area (Å²) in [5.74, 6) is 0.569. The van der Waals surface area contributed by atoms with Crippen LogP contribution >= 0.6 is 0 Å². The fraction of sp³-hybridized carbons (Fsp3) is 0.231. The van der Waals surface area contributed by atoms with Gasteiger partial charge in [-0.05, 0) is 44.0 Å². The molecule has 0 spiro atoms. The van der Waals surface area contributed by atoms with Crippen molar-refractivity contribution in [3.05, 3.63) is 41.3 Å². The highest BCUT2D eigenvalue weighted by atomic mass is 16.1. The minimum atomic E-state index is 0.0855. The van der Waals surface area contributed by atoms with Gasteiger partial charge in [0.2, 0.25) is 0 Å². The van der Waals surface area contributed by atoms with E-state index in [9.17, 15) is 4.79 Å². The molecule has 0 bridgehead atoms. The summed E-state index contributed by atoms with van der Waals surface area (Å²) in [6.45, 7) is 5.53.